The SMILES string of the molecule is CC(C)(C)OC(=O)NC1CCC(OC(=O)Nc2ccc(CCCC(=O)O)cc2-c2ccccc2)CC1. The van der Waals surface area contributed by atoms with Gasteiger partial charge in [0.05, 0.1) is 5.69 Å². The number of benzene rings is 2. The minimum atomic E-state index is -0.811. The number of hydrogen-bond acceptors (Lipinski definition) is 5. The number of aliphatic carboxylic acids is 1. The zero-order valence-electron chi connectivity index (χ0n) is 21.2. The number of nitrogens with one attached hydrogen (secondary N) is 2. The molecule has 8 heteroatoms. The number of carboxylic acid groups (broad SMARTS) is 1. The first-order valence-corrected chi connectivity index (χ1v) is 12.5. The Balaban J connectivity index is 1.57. The van der Waals surface area contributed by atoms with Crippen LogP contribution in [0.2, 0.25) is 0 Å². The summed E-state index contributed by atoms with van der Waals surface area (Å²) in [5, 5.41) is 14.7. The first-order chi connectivity index (χ1) is 17.1. The van der Waals surface area contributed by atoms with Crippen LogP contribution in [0, 0.1) is 0 Å². The van der Waals surface area contributed by atoms with Gasteiger partial charge in [0.1, 0.15) is 11.7 Å². The van der Waals surface area contributed by atoms with Crippen molar-refractivity contribution in [3.63, 3.8) is 0 Å². The van der Waals surface area contributed by atoms with Crippen molar-refractivity contribution in [3.8, 4) is 11.1 Å². The molecule has 3 rings (SSSR count). The lowest BCUT2D eigenvalue weighted by Gasteiger charge is -2.30. The maximum absolute atomic E-state index is 12.7. The van der Waals surface area contributed by atoms with Crippen LogP contribution in [0.3, 0.4) is 0 Å². The molecular formula is C28H36N2O6. The van der Waals surface area contributed by atoms with Gasteiger partial charge in [0.2, 0.25) is 0 Å². The maximum Gasteiger partial charge on any atom is 0.411 e. The van der Waals surface area contributed by atoms with Crippen molar-refractivity contribution in [2.75, 3.05) is 5.32 Å². The molecule has 0 atom stereocenters. The van der Waals surface area contributed by atoms with E-state index in [0.29, 0.717) is 44.2 Å². The third kappa shape index (κ3) is 8.91. The Hall–Kier alpha value is -3.55. The van der Waals surface area contributed by atoms with Crippen LogP contribution in [0.15, 0.2) is 48.5 Å². The van der Waals surface area contributed by atoms with Gasteiger partial charge in [-0.3, -0.25) is 10.1 Å². The van der Waals surface area contributed by atoms with Crippen molar-refractivity contribution in [1.29, 1.82) is 0 Å². The quantitative estimate of drug-likeness (QED) is 0.404. The molecule has 2 aromatic carbocycles. The second-order valence-corrected chi connectivity index (χ2v) is 10.1. The van der Waals surface area contributed by atoms with Gasteiger partial charge in [0.25, 0.3) is 0 Å². The molecule has 8 nitrogen and oxygen atoms in total. The molecule has 0 spiro atoms. The summed E-state index contributed by atoms with van der Waals surface area (Å²) in [7, 11) is 0. The zero-order chi connectivity index (χ0) is 26.1. The minimum Gasteiger partial charge on any atom is -0.481 e. The van der Waals surface area contributed by atoms with Crippen LogP contribution < -0.4 is 10.6 Å². The third-order valence-electron chi connectivity index (χ3n) is 5.93. The first kappa shape index (κ1) is 27.0. The van der Waals surface area contributed by atoms with Gasteiger partial charge in [0, 0.05) is 18.0 Å². The molecule has 0 unspecified atom stereocenters. The predicted octanol–water partition coefficient (Wildman–Crippen LogP) is 6.15. The molecule has 2 aromatic rings. The predicted molar refractivity (Wildman–Crippen MR) is 138 cm³/mol. The number of rotatable bonds is 8. The fraction of sp³-hybridized carbons (Fsp3) is 0.464. The summed E-state index contributed by atoms with van der Waals surface area (Å²) in [5.74, 6) is -0.811. The molecule has 0 heterocycles. The monoisotopic (exact) mass is 496 g/mol. The molecule has 1 aliphatic carbocycles. The van der Waals surface area contributed by atoms with E-state index < -0.39 is 23.8 Å². The highest BCUT2D eigenvalue weighted by Crippen LogP contribution is 2.30. The normalized spacial score (nSPS) is 17.6. The summed E-state index contributed by atoms with van der Waals surface area (Å²) in [5.41, 5.74) is 2.89. The Morgan fingerprint density at radius 2 is 1.67 bits per heavy atom. The van der Waals surface area contributed by atoms with Crippen LogP contribution in [-0.4, -0.2) is 41.0 Å². The average Bonchev–Trinajstić information content (AvgIpc) is 2.80. The summed E-state index contributed by atoms with van der Waals surface area (Å²) in [6, 6.07) is 15.4. The molecule has 194 valence electrons. The van der Waals surface area contributed by atoms with E-state index in [-0.39, 0.29) is 18.6 Å². The summed E-state index contributed by atoms with van der Waals surface area (Å²) in [4.78, 5) is 35.6. The molecular weight excluding hydrogens is 460 g/mol. The van der Waals surface area contributed by atoms with Crippen molar-refractivity contribution in [1.82, 2.24) is 5.32 Å². The number of aryl methyl sites for hydroxylation is 1. The van der Waals surface area contributed by atoms with Crippen LogP contribution in [0.4, 0.5) is 15.3 Å². The lowest BCUT2D eigenvalue weighted by atomic mass is 9.93. The van der Waals surface area contributed by atoms with Gasteiger partial charge < -0.3 is 19.9 Å². The van der Waals surface area contributed by atoms with E-state index in [9.17, 15) is 14.4 Å². The van der Waals surface area contributed by atoms with Crippen LogP contribution in [0.5, 0.6) is 0 Å². The molecule has 2 amide bonds. The smallest absolute Gasteiger partial charge is 0.411 e. The van der Waals surface area contributed by atoms with Crippen molar-refractivity contribution >= 4 is 23.8 Å². The molecule has 1 saturated carbocycles. The van der Waals surface area contributed by atoms with Crippen LogP contribution in [0.1, 0.15) is 64.9 Å². The van der Waals surface area contributed by atoms with E-state index in [1.807, 2.05) is 69.3 Å². The highest BCUT2D eigenvalue weighted by Gasteiger charge is 2.27. The Morgan fingerprint density at radius 3 is 2.31 bits per heavy atom. The van der Waals surface area contributed by atoms with Crippen LogP contribution in [-0.2, 0) is 20.7 Å². The number of carbonyl (C=O) groups excluding carboxylic acids is 2. The number of hydrogen-bond donors (Lipinski definition) is 3. The molecule has 1 fully saturated rings. The summed E-state index contributed by atoms with van der Waals surface area (Å²) < 4.78 is 11.0. The highest BCUT2D eigenvalue weighted by atomic mass is 16.6. The number of ether oxygens (including phenoxy) is 2. The Kier molecular flexibility index (Phi) is 9.33. The Morgan fingerprint density at radius 1 is 0.972 bits per heavy atom. The van der Waals surface area contributed by atoms with Gasteiger partial charge in [-0.2, -0.15) is 0 Å². The number of carboxylic acids is 1. The molecule has 0 saturated heterocycles. The molecule has 36 heavy (non-hydrogen) atoms. The van der Waals surface area contributed by atoms with E-state index >= 15 is 0 Å². The van der Waals surface area contributed by atoms with E-state index in [1.54, 1.807) is 0 Å². The first-order valence-electron chi connectivity index (χ1n) is 12.5. The van der Waals surface area contributed by atoms with Crippen molar-refractivity contribution < 1.29 is 29.0 Å². The Bertz CT molecular complexity index is 1040. The second kappa shape index (κ2) is 12.4. The molecule has 0 radical (unpaired) electrons. The van der Waals surface area contributed by atoms with E-state index in [0.717, 1.165) is 16.7 Å². The van der Waals surface area contributed by atoms with Crippen molar-refractivity contribution in [3.05, 3.63) is 54.1 Å². The molecule has 0 bridgehead atoms. The highest BCUT2D eigenvalue weighted by molar-refractivity contribution is 5.91. The fourth-order valence-electron chi connectivity index (χ4n) is 4.25. The maximum atomic E-state index is 12.7. The number of alkyl carbamates (subject to hydrolysis) is 1. The standard InChI is InChI=1S/C28H36N2O6/c1-28(2,3)36-27(34)29-21-13-15-22(16-14-21)35-26(33)30-24-17-12-19(8-7-11-25(31)32)18-23(24)20-9-5-4-6-10-20/h4-6,9-10,12,17-18,21-22H,7-8,11,13-16H2,1-3H3,(H,29,34)(H,30,33)(H,31,32). The Labute approximate surface area is 212 Å². The van der Waals surface area contributed by atoms with E-state index in [2.05, 4.69) is 10.6 Å². The van der Waals surface area contributed by atoms with Gasteiger partial charge in [0.15, 0.2) is 0 Å². The van der Waals surface area contributed by atoms with Crippen LogP contribution in [0.25, 0.3) is 11.1 Å². The second-order valence-electron chi connectivity index (χ2n) is 10.1. The number of carbonyl (C=O) groups is 3. The van der Waals surface area contributed by atoms with Gasteiger partial charge in [-0.15, -0.1) is 0 Å². The molecule has 1 aliphatic rings. The van der Waals surface area contributed by atoms with Gasteiger partial charge in [-0.05, 0) is 82.6 Å². The number of anilines is 1. The lowest BCUT2D eigenvalue weighted by Crippen LogP contribution is -2.42. The van der Waals surface area contributed by atoms with Crippen molar-refractivity contribution in [2.24, 2.45) is 0 Å². The van der Waals surface area contributed by atoms with Gasteiger partial charge >= 0.3 is 18.2 Å². The lowest BCUT2D eigenvalue weighted by molar-refractivity contribution is -0.137. The summed E-state index contributed by atoms with van der Waals surface area (Å²) in [6.45, 7) is 5.48. The minimum absolute atomic E-state index is 0.00103. The third-order valence-corrected chi connectivity index (χ3v) is 5.93. The fourth-order valence-corrected chi connectivity index (χ4v) is 4.25. The molecule has 0 aromatic heterocycles. The van der Waals surface area contributed by atoms with Crippen molar-refractivity contribution in [2.45, 2.75) is 83.5 Å². The van der Waals surface area contributed by atoms with E-state index in [4.69, 9.17) is 14.6 Å². The zero-order valence-corrected chi connectivity index (χ0v) is 21.2. The van der Waals surface area contributed by atoms with Crippen LogP contribution >= 0.6 is 0 Å². The van der Waals surface area contributed by atoms with E-state index in [1.165, 1.54) is 0 Å². The average molecular weight is 497 g/mol. The molecule has 0 aliphatic heterocycles. The van der Waals surface area contributed by atoms with Gasteiger partial charge in [-0.1, -0.05) is 36.4 Å². The largest absolute Gasteiger partial charge is 0.481 e. The molecule has 3 N–H and O–H groups in total. The number of amides is 2. The summed E-state index contributed by atoms with van der Waals surface area (Å²) in [6.07, 6.45) is 2.85. The summed E-state index contributed by atoms with van der Waals surface area (Å²) >= 11 is 0. The topological polar surface area (TPSA) is 114 Å². The van der Waals surface area contributed by atoms with Gasteiger partial charge in [-0.25, -0.2) is 9.59 Å².